The highest BCUT2D eigenvalue weighted by atomic mass is 35.5. The van der Waals surface area contributed by atoms with Crippen LogP contribution in [0, 0.1) is 5.92 Å². The Hall–Kier alpha value is -2.20. The van der Waals surface area contributed by atoms with Crippen molar-refractivity contribution in [1.82, 2.24) is 0 Å². The number of para-hydroxylation sites is 1. The molecule has 0 N–H and O–H groups in total. The van der Waals surface area contributed by atoms with Gasteiger partial charge in [0.1, 0.15) is 31.3 Å². The Labute approximate surface area is 139 Å². The number of halogens is 1. The van der Waals surface area contributed by atoms with E-state index in [4.69, 9.17) is 25.8 Å². The summed E-state index contributed by atoms with van der Waals surface area (Å²) in [6.07, 6.45) is 0.643. The van der Waals surface area contributed by atoms with Gasteiger partial charge in [0.2, 0.25) is 0 Å². The molecule has 1 heterocycles. The molecule has 0 saturated carbocycles. The Balaban J connectivity index is 1.43. The molecule has 0 fully saturated rings. The highest BCUT2D eigenvalue weighted by Gasteiger charge is 2.26. The van der Waals surface area contributed by atoms with Crippen LogP contribution in [-0.2, 0) is 16.0 Å². The number of hydrogen-bond donors (Lipinski definition) is 0. The molecule has 0 aliphatic carbocycles. The number of benzene rings is 2. The fraction of sp³-hybridized carbons (Fsp3) is 0.278. The topological polar surface area (TPSA) is 44.8 Å². The lowest BCUT2D eigenvalue weighted by Gasteiger charge is -2.23. The number of carbonyl (C=O) groups excluding carboxylic acids is 1. The molecule has 4 nitrogen and oxygen atoms in total. The van der Waals surface area contributed by atoms with Gasteiger partial charge in [0.15, 0.2) is 0 Å². The molecule has 0 radical (unpaired) electrons. The maximum atomic E-state index is 12.1. The summed E-state index contributed by atoms with van der Waals surface area (Å²) in [7, 11) is 0. The standard InChI is InChI=1S/C18H17ClO4/c19-15-5-3-6-16(11-15)21-8-9-22-18(20)14-10-13-4-1-2-7-17(13)23-12-14/h1-7,11,14H,8-10,12H2. The van der Waals surface area contributed by atoms with Crippen molar-refractivity contribution >= 4 is 17.6 Å². The summed E-state index contributed by atoms with van der Waals surface area (Å²) in [6.45, 7) is 0.838. The quantitative estimate of drug-likeness (QED) is 0.621. The Bertz CT molecular complexity index is 686. The lowest BCUT2D eigenvalue weighted by Crippen LogP contribution is -2.30. The summed E-state index contributed by atoms with van der Waals surface area (Å²) < 4.78 is 16.4. The van der Waals surface area contributed by atoms with Crippen LogP contribution in [0.25, 0.3) is 0 Å². The van der Waals surface area contributed by atoms with Gasteiger partial charge in [-0.15, -0.1) is 0 Å². The molecule has 23 heavy (non-hydrogen) atoms. The van der Waals surface area contributed by atoms with Crippen LogP contribution in [0.15, 0.2) is 48.5 Å². The summed E-state index contributed by atoms with van der Waals surface area (Å²) >= 11 is 5.87. The van der Waals surface area contributed by atoms with Crippen molar-refractivity contribution in [2.75, 3.05) is 19.8 Å². The number of hydrogen-bond acceptors (Lipinski definition) is 4. The minimum Gasteiger partial charge on any atom is -0.492 e. The van der Waals surface area contributed by atoms with Gasteiger partial charge in [-0.2, -0.15) is 0 Å². The molecule has 0 spiro atoms. The van der Waals surface area contributed by atoms with E-state index in [9.17, 15) is 4.79 Å². The van der Waals surface area contributed by atoms with Crippen molar-refractivity contribution in [1.29, 1.82) is 0 Å². The van der Waals surface area contributed by atoms with Crippen LogP contribution in [0.2, 0.25) is 5.02 Å². The molecule has 1 unspecified atom stereocenters. The molecule has 5 heteroatoms. The van der Waals surface area contributed by atoms with Gasteiger partial charge in [0, 0.05) is 5.02 Å². The number of esters is 1. The van der Waals surface area contributed by atoms with E-state index in [1.165, 1.54) is 0 Å². The first-order valence-electron chi connectivity index (χ1n) is 7.48. The molecule has 0 aromatic heterocycles. The smallest absolute Gasteiger partial charge is 0.312 e. The predicted octanol–water partition coefficient (Wildman–Crippen LogP) is 3.51. The highest BCUT2D eigenvalue weighted by molar-refractivity contribution is 6.30. The Kier molecular flexibility index (Phi) is 5.03. The predicted molar refractivity (Wildman–Crippen MR) is 87.0 cm³/mol. The maximum Gasteiger partial charge on any atom is 0.312 e. The molecule has 0 saturated heterocycles. The van der Waals surface area contributed by atoms with Gasteiger partial charge >= 0.3 is 5.97 Å². The minimum atomic E-state index is -0.268. The van der Waals surface area contributed by atoms with Crippen molar-refractivity contribution in [3.05, 3.63) is 59.1 Å². The van der Waals surface area contributed by atoms with Gasteiger partial charge in [-0.25, -0.2) is 0 Å². The number of rotatable bonds is 5. The van der Waals surface area contributed by atoms with Gasteiger partial charge in [-0.1, -0.05) is 35.9 Å². The first kappa shape index (κ1) is 15.7. The van der Waals surface area contributed by atoms with Crippen LogP contribution >= 0.6 is 11.6 Å². The minimum absolute atomic E-state index is 0.198. The fourth-order valence-electron chi connectivity index (χ4n) is 2.46. The van der Waals surface area contributed by atoms with Gasteiger partial charge in [0.25, 0.3) is 0 Å². The van der Waals surface area contributed by atoms with E-state index in [0.29, 0.717) is 23.8 Å². The van der Waals surface area contributed by atoms with Crippen LogP contribution in [0.4, 0.5) is 0 Å². The van der Waals surface area contributed by atoms with Crippen molar-refractivity contribution in [2.24, 2.45) is 5.92 Å². The third-order valence-electron chi connectivity index (χ3n) is 3.60. The van der Waals surface area contributed by atoms with Crippen molar-refractivity contribution in [3.8, 4) is 11.5 Å². The Morgan fingerprint density at radius 1 is 1.17 bits per heavy atom. The van der Waals surface area contributed by atoms with E-state index in [2.05, 4.69) is 0 Å². The van der Waals surface area contributed by atoms with Crippen molar-refractivity contribution in [2.45, 2.75) is 6.42 Å². The summed E-state index contributed by atoms with van der Waals surface area (Å²) in [5, 5.41) is 0.609. The van der Waals surface area contributed by atoms with E-state index in [0.717, 1.165) is 11.3 Å². The zero-order chi connectivity index (χ0) is 16.1. The average Bonchev–Trinajstić information content (AvgIpc) is 2.58. The molecule has 2 aromatic rings. The van der Waals surface area contributed by atoms with E-state index in [1.54, 1.807) is 24.3 Å². The van der Waals surface area contributed by atoms with Crippen molar-refractivity contribution < 1.29 is 19.0 Å². The Morgan fingerprint density at radius 2 is 2.04 bits per heavy atom. The summed E-state index contributed by atoms with van der Waals surface area (Å²) in [4.78, 5) is 12.1. The second-order valence-corrected chi connectivity index (χ2v) is 5.73. The van der Waals surface area contributed by atoms with Gasteiger partial charge < -0.3 is 14.2 Å². The van der Waals surface area contributed by atoms with Gasteiger partial charge in [-0.05, 0) is 36.2 Å². The van der Waals surface area contributed by atoms with Crippen LogP contribution in [0.5, 0.6) is 11.5 Å². The number of carbonyl (C=O) groups is 1. The van der Waals surface area contributed by atoms with Crippen LogP contribution in [-0.4, -0.2) is 25.8 Å². The molecular weight excluding hydrogens is 316 g/mol. The third kappa shape index (κ3) is 4.17. The van der Waals surface area contributed by atoms with E-state index in [-0.39, 0.29) is 25.1 Å². The largest absolute Gasteiger partial charge is 0.492 e. The van der Waals surface area contributed by atoms with Crippen LogP contribution in [0.1, 0.15) is 5.56 Å². The lowest BCUT2D eigenvalue weighted by atomic mass is 9.97. The molecular formula is C18H17ClO4. The third-order valence-corrected chi connectivity index (χ3v) is 3.84. The molecule has 1 aliphatic heterocycles. The normalized spacial score (nSPS) is 16.1. The molecule has 3 rings (SSSR count). The average molecular weight is 333 g/mol. The number of fused-ring (bicyclic) bond motifs is 1. The first-order valence-corrected chi connectivity index (χ1v) is 7.86. The van der Waals surface area contributed by atoms with Gasteiger partial charge in [0.05, 0.1) is 5.92 Å². The van der Waals surface area contributed by atoms with E-state index in [1.807, 2.05) is 24.3 Å². The second kappa shape index (κ2) is 7.38. The molecule has 1 atom stereocenters. The van der Waals surface area contributed by atoms with Crippen LogP contribution < -0.4 is 9.47 Å². The second-order valence-electron chi connectivity index (χ2n) is 5.29. The summed E-state index contributed by atoms with van der Waals surface area (Å²) in [6, 6.07) is 14.8. The SMILES string of the molecule is O=C(OCCOc1cccc(Cl)c1)C1COc2ccccc2C1. The number of ether oxygens (including phenoxy) is 3. The zero-order valence-electron chi connectivity index (χ0n) is 12.5. The molecule has 0 amide bonds. The molecule has 0 bridgehead atoms. The molecule has 120 valence electrons. The summed E-state index contributed by atoms with van der Waals surface area (Å²) in [5.74, 6) is 0.981. The zero-order valence-corrected chi connectivity index (χ0v) is 13.3. The van der Waals surface area contributed by atoms with Gasteiger partial charge in [-0.3, -0.25) is 4.79 Å². The molecule has 1 aliphatic rings. The van der Waals surface area contributed by atoms with Crippen molar-refractivity contribution in [3.63, 3.8) is 0 Å². The van der Waals surface area contributed by atoms with E-state index < -0.39 is 0 Å². The Morgan fingerprint density at radius 3 is 2.91 bits per heavy atom. The monoisotopic (exact) mass is 332 g/mol. The first-order chi connectivity index (χ1) is 11.2. The fourth-order valence-corrected chi connectivity index (χ4v) is 2.64. The molecule has 2 aromatic carbocycles. The highest BCUT2D eigenvalue weighted by Crippen LogP contribution is 2.27. The van der Waals surface area contributed by atoms with Crippen LogP contribution in [0.3, 0.4) is 0 Å². The summed E-state index contributed by atoms with van der Waals surface area (Å²) in [5.41, 5.74) is 1.04. The maximum absolute atomic E-state index is 12.1. The van der Waals surface area contributed by atoms with E-state index >= 15 is 0 Å². The lowest BCUT2D eigenvalue weighted by molar-refractivity contribution is -0.150.